The van der Waals surface area contributed by atoms with Crippen LogP contribution in [-0.2, 0) is 13.0 Å². The maximum Gasteiger partial charge on any atom is 0.251 e. The zero-order valence-corrected chi connectivity index (χ0v) is 15.5. The number of nitrogens with zero attached hydrogens (tertiary/aromatic N) is 2. The number of rotatable bonds is 7. The summed E-state index contributed by atoms with van der Waals surface area (Å²) in [5.41, 5.74) is 2.77. The lowest BCUT2D eigenvalue weighted by Gasteiger charge is -2.09. The van der Waals surface area contributed by atoms with Gasteiger partial charge in [0, 0.05) is 23.0 Å². The molecular formula is C20H20BrN3O. The summed E-state index contributed by atoms with van der Waals surface area (Å²) in [7, 11) is 0. The van der Waals surface area contributed by atoms with Gasteiger partial charge in [-0.05, 0) is 30.7 Å². The molecule has 1 heterocycles. The van der Waals surface area contributed by atoms with Crippen molar-refractivity contribution >= 4 is 32.9 Å². The van der Waals surface area contributed by atoms with E-state index >= 15 is 0 Å². The molecule has 4 nitrogen and oxygen atoms in total. The van der Waals surface area contributed by atoms with E-state index in [-0.39, 0.29) is 5.91 Å². The molecule has 3 aromatic rings. The zero-order valence-electron chi connectivity index (χ0n) is 13.9. The molecule has 128 valence electrons. The highest BCUT2D eigenvalue weighted by Gasteiger charge is 2.11. The number of imidazole rings is 1. The van der Waals surface area contributed by atoms with Crippen LogP contribution in [0.5, 0.6) is 0 Å². The van der Waals surface area contributed by atoms with Crippen LogP contribution in [-0.4, -0.2) is 22.0 Å². The Morgan fingerprint density at radius 2 is 1.84 bits per heavy atom. The van der Waals surface area contributed by atoms with Gasteiger partial charge < -0.3 is 9.88 Å². The molecule has 0 fully saturated rings. The molecule has 0 unspecified atom stereocenters. The van der Waals surface area contributed by atoms with Gasteiger partial charge in [0.1, 0.15) is 5.82 Å². The van der Waals surface area contributed by atoms with Gasteiger partial charge in [-0.3, -0.25) is 4.79 Å². The van der Waals surface area contributed by atoms with E-state index in [0.29, 0.717) is 18.7 Å². The summed E-state index contributed by atoms with van der Waals surface area (Å²) >= 11 is 3.44. The second-order valence-electron chi connectivity index (χ2n) is 5.85. The Labute approximate surface area is 155 Å². The summed E-state index contributed by atoms with van der Waals surface area (Å²) in [6.45, 7) is 5.25. The van der Waals surface area contributed by atoms with E-state index in [1.807, 2.05) is 48.5 Å². The molecule has 0 aliphatic carbocycles. The molecule has 1 amide bonds. The fourth-order valence-electron chi connectivity index (χ4n) is 2.80. The lowest BCUT2D eigenvalue weighted by atomic mass is 10.2. The number of benzene rings is 2. The number of fused-ring (bicyclic) bond motifs is 1. The molecule has 0 spiro atoms. The van der Waals surface area contributed by atoms with Crippen molar-refractivity contribution < 1.29 is 4.79 Å². The number of halogens is 1. The van der Waals surface area contributed by atoms with Crippen LogP contribution < -0.4 is 5.32 Å². The molecule has 0 saturated carbocycles. The van der Waals surface area contributed by atoms with Gasteiger partial charge in [0.05, 0.1) is 17.6 Å². The first-order valence-corrected chi connectivity index (χ1v) is 9.05. The number of amides is 1. The average Bonchev–Trinajstić information content (AvgIpc) is 2.96. The van der Waals surface area contributed by atoms with Crippen molar-refractivity contribution in [3.8, 4) is 0 Å². The van der Waals surface area contributed by atoms with E-state index in [0.717, 1.165) is 34.2 Å². The Kier molecular flexibility index (Phi) is 5.66. The number of aryl methyl sites for hydroxylation is 1. The maximum atomic E-state index is 12.1. The van der Waals surface area contributed by atoms with E-state index in [1.54, 1.807) is 0 Å². The molecule has 0 bridgehead atoms. The van der Waals surface area contributed by atoms with Crippen LogP contribution in [0.2, 0.25) is 0 Å². The van der Waals surface area contributed by atoms with E-state index in [4.69, 9.17) is 4.98 Å². The zero-order chi connectivity index (χ0) is 17.6. The number of nitrogens with one attached hydrogen (secondary N) is 1. The van der Waals surface area contributed by atoms with E-state index < -0.39 is 0 Å². The first-order valence-electron chi connectivity index (χ1n) is 8.26. The monoisotopic (exact) mass is 397 g/mol. The topological polar surface area (TPSA) is 46.9 Å². The highest BCUT2D eigenvalue weighted by Crippen LogP contribution is 2.19. The molecule has 2 aromatic carbocycles. The van der Waals surface area contributed by atoms with Gasteiger partial charge in [0.15, 0.2) is 0 Å². The number of hydrogen-bond acceptors (Lipinski definition) is 2. The van der Waals surface area contributed by atoms with Crippen molar-refractivity contribution in [1.29, 1.82) is 0 Å². The van der Waals surface area contributed by atoms with Crippen molar-refractivity contribution in [3.63, 3.8) is 0 Å². The third-order valence-electron chi connectivity index (χ3n) is 3.96. The lowest BCUT2D eigenvalue weighted by Crippen LogP contribution is -2.24. The maximum absolute atomic E-state index is 12.1. The number of para-hydroxylation sites is 2. The van der Waals surface area contributed by atoms with E-state index in [2.05, 4.69) is 38.5 Å². The van der Waals surface area contributed by atoms with Gasteiger partial charge in [0.25, 0.3) is 5.91 Å². The Bertz CT molecular complexity index is 886. The van der Waals surface area contributed by atoms with Crippen molar-refractivity contribution in [2.75, 3.05) is 6.54 Å². The smallest absolute Gasteiger partial charge is 0.251 e. The number of carbonyl (C=O) groups is 1. The summed E-state index contributed by atoms with van der Waals surface area (Å²) in [4.78, 5) is 16.8. The van der Waals surface area contributed by atoms with E-state index in [1.165, 1.54) is 0 Å². The van der Waals surface area contributed by atoms with Gasteiger partial charge in [-0.15, -0.1) is 0 Å². The van der Waals surface area contributed by atoms with Gasteiger partial charge in [-0.2, -0.15) is 0 Å². The first kappa shape index (κ1) is 17.4. The Morgan fingerprint density at radius 1 is 1.12 bits per heavy atom. The van der Waals surface area contributed by atoms with Crippen molar-refractivity contribution in [2.45, 2.75) is 19.4 Å². The summed E-state index contributed by atoms with van der Waals surface area (Å²) < 4.78 is 3.08. The van der Waals surface area contributed by atoms with Crippen LogP contribution in [0.15, 0.2) is 65.7 Å². The van der Waals surface area contributed by atoms with Crippen molar-refractivity contribution in [1.82, 2.24) is 14.9 Å². The molecule has 0 aliphatic rings. The average molecular weight is 398 g/mol. The Morgan fingerprint density at radius 3 is 2.60 bits per heavy atom. The number of allylic oxidation sites excluding steroid dienone is 1. The van der Waals surface area contributed by atoms with Crippen molar-refractivity contribution in [3.05, 3.63) is 77.0 Å². The van der Waals surface area contributed by atoms with Crippen LogP contribution in [0.4, 0.5) is 0 Å². The van der Waals surface area contributed by atoms with E-state index in [9.17, 15) is 4.79 Å². The van der Waals surface area contributed by atoms with Crippen LogP contribution in [0.1, 0.15) is 22.6 Å². The van der Waals surface area contributed by atoms with Gasteiger partial charge in [-0.1, -0.05) is 52.8 Å². The van der Waals surface area contributed by atoms with Gasteiger partial charge in [-0.25, -0.2) is 4.98 Å². The normalized spacial score (nSPS) is 10.8. The summed E-state index contributed by atoms with van der Waals surface area (Å²) in [6.07, 6.45) is 1.63. The summed E-state index contributed by atoms with van der Waals surface area (Å²) in [5, 5.41) is 2.96. The lowest BCUT2D eigenvalue weighted by molar-refractivity contribution is 0.0953. The molecule has 0 saturated heterocycles. The van der Waals surface area contributed by atoms with Crippen LogP contribution in [0, 0.1) is 0 Å². The number of aromatic nitrogens is 2. The third-order valence-corrected chi connectivity index (χ3v) is 4.21. The first-order chi connectivity index (χ1) is 12.1. The second kappa shape index (κ2) is 8.12. The SMILES string of the molecule is C=C(Br)Cn1c(CCCNC(=O)c2ccccc2)nc2ccccc21. The fraction of sp³-hybridized carbons (Fsp3) is 0.200. The molecule has 0 aliphatic heterocycles. The van der Waals surface area contributed by atoms with Crippen molar-refractivity contribution in [2.24, 2.45) is 0 Å². The fourth-order valence-corrected chi connectivity index (χ4v) is 3.06. The predicted molar refractivity (Wildman–Crippen MR) is 105 cm³/mol. The quantitative estimate of drug-likeness (QED) is 0.603. The second-order valence-corrected chi connectivity index (χ2v) is 6.97. The molecule has 1 aromatic heterocycles. The minimum Gasteiger partial charge on any atom is -0.352 e. The molecular weight excluding hydrogens is 378 g/mol. The van der Waals surface area contributed by atoms with Gasteiger partial charge in [0.2, 0.25) is 0 Å². The minimum atomic E-state index is -0.0389. The summed E-state index contributed by atoms with van der Waals surface area (Å²) in [5.74, 6) is 0.971. The molecule has 3 rings (SSSR count). The highest BCUT2D eigenvalue weighted by atomic mass is 79.9. The van der Waals surface area contributed by atoms with Crippen LogP contribution >= 0.6 is 15.9 Å². The minimum absolute atomic E-state index is 0.0389. The van der Waals surface area contributed by atoms with Crippen LogP contribution in [0.25, 0.3) is 11.0 Å². The molecule has 0 atom stereocenters. The summed E-state index contributed by atoms with van der Waals surface area (Å²) in [6, 6.07) is 17.4. The van der Waals surface area contributed by atoms with Gasteiger partial charge >= 0.3 is 0 Å². The molecule has 0 radical (unpaired) electrons. The largest absolute Gasteiger partial charge is 0.352 e. The highest BCUT2D eigenvalue weighted by molar-refractivity contribution is 9.11. The molecule has 5 heteroatoms. The Hall–Kier alpha value is -2.40. The number of hydrogen-bond donors (Lipinski definition) is 1. The standard InChI is InChI=1S/C20H20BrN3O/c1-15(21)14-24-18-11-6-5-10-17(18)23-19(24)12-7-13-22-20(25)16-8-3-2-4-9-16/h2-6,8-11H,1,7,12-14H2,(H,22,25). The molecule has 1 N–H and O–H groups in total. The number of carbonyl (C=O) groups excluding carboxylic acids is 1. The Balaban J connectivity index is 1.63. The molecule has 25 heavy (non-hydrogen) atoms. The third kappa shape index (κ3) is 4.37. The predicted octanol–water partition coefficient (Wildman–Crippen LogP) is 4.31. The van der Waals surface area contributed by atoms with Crippen LogP contribution in [0.3, 0.4) is 0 Å².